The highest BCUT2D eigenvalue weighted by molar-refractivity contribution is 6.00. The second kappa shape index (κ2) is 6.01. The summed E-state index contributed by atoms with van der Waals surface area (Å²) in [6.07, 6.45) is 1.96. The van der Waals surface area contributed by atoms with Crippen LogP contribution >= 0.6 is 0 Å². The molecule has 0 spiro atoms. The molecule has 0 radical (unpaired) electrons. The first-order valence-electron chi connectivity index (χ1n) is 8.62. The molecule has 1 atom stereocenters. The van der Waals surface area contributed by atoms with Gasteiger partial charge in [0.2, 0.25) is 0 Å². The Balaban J connectivity index is 1.95. The molecule has 1 aliphatic carbocycles. The van der Waals surface area contributed by atoms with Crippen LogP contribution < -0.4 is 21.5 Å². The van der Waals surface area contributed by atoms with Crippen LogP contribution in [0.15, 0.2) is 45.1 Å². The number of allylic oxidation sites excluding steroid dienone is 2. The minimum atomic E-state index is -0.561. The lowest BCUT2D eigenvalue weighted by molar-refractivity contribution is -0.116. The van der Waals surface area contributed by atoms with Crippen LogP contribution in [0.3, 0.4) is 0 Å². The number of fused-ring (bicyclic) bond motifs is 1. The molecule has 0 saturated heterocycles. The molecule has 2 heterocycles. The first-order valence-corrected chi connectivity index (χ1v) is 8.62. The average Bonchev–Trinajstić information content (AvgIpc) is 2.60. The maximum atomic E-state index is 12.7. The Hall–Kier alpha value is -3.09. The molecule has 26 heavy (non-hydrogen) atoms. The largest absolute Gasteiger partial charge is 0.378 e. The van der Waals surface area contributed by atoms with Crippen molar-refractivity contribution >= 4 is 17.3 Å². The minimum Gasteiger partial charge on any atom is -0.378 e. The summed E-state index contributed by atoms with van der Waals surface area (Å²) in [5, 5.41) is 3.12. The van der Waals surface area contributed by atoms with E-state index in [9.17, 15) is 14.4 Å². The molecule has 1 aromatic carbocycles. The van der Waals surface area contributed by atoms with E-state index in [1.165, 1.54) is 0 Å². The van der Waals surface area contributed by atoms with Gasteiger partial charge in [-0.25, -0.2) is 4.79 Å². The number of hydrogen-bond donors (Lipinski definition) is 3. The van der Waals surface area contributed by atoms with Crippen molar-refractivity contribution in [3.05, 3.63) is 67.5 Å². The zero-order valence-corrected chi connectivity index (χ0v) is 14.7. The molecule has 2 aliphatic rings. The van der Waals surface area contributed by atoms with Gasteiger partial charge in [-0.1, -0.05) is 12.1 Å². The summed E-state index contributed by atoms with van der Waals surface area (Å²) < 4.78 is 0. The predicted octanol–water partition coefficient (Wildman–Crippen LogP) is 1.69. The van der Waals surface area contributed by atoms with Crippen molar-refractivity contribution in [3.8, 4) is 0 Å². The molecule has 7 heteroatoms. The van der Waals surface area contributed by atoms with Gasteiger partial charge in [0.1, 0.15) is 5.82 Å². The van der Waals surface area contributed by atoms with Gasteiger partial charge in [-0.3, -0.25) is 19.6 Å². The summed E-state index contributed by atoms with van der Waals surface area (Å²) in [7, 11) is 3.91. The van der Waals surface area contributed by atoms with Crippen LogP contribution in [-0.4, -0.2) is 29.8 Å². The molecule has 1 aromatic heterocycles. The highest BCUT2D eigenvalue weighted by Crippen LogP contribution is 2.42. The SMILES string of the molecule is CN(C)c1ccc([C@H]2C3=C(CCCC3=O)Nc3[nH]c(=O)[nH]c(=O)c32)cc1. The van der Waals surface area contributed by atoms with E-state index in [1.807, 2.05) is 43.3 Å². The van der Waals surface area contributed by atoms with Crippen LogP contribution in [0, 0.1) is 0 Å². The van der Waals surface area contributed by atoms with Crippen molar-refractivity contribution < 1.29 is 4.79 Å². The molecule has 2 aromatic rings. The van der Waals surface area contributed by atoms with Gasteiger partial charge in [0.05, 0.1) is 5.56 Å². The number of rotatable bonds is 2. The second-order valence-corrected chi connectivity index (χ2v) is 6.91. The number of aromatic amines is 2. The number of anilines is 2. The van der Waals surface area contributed by atoms with E-state index in [-0.39, 0.29) is 5.78 Å². The molecule has 0 fully saturated rings. The third-order valence-electron chi connectivity index (χ3n) is 5.03. The molecule has 7 nitrogen and oxygen atoms in total. The van der Waals surface area contributed by atoms with Crippen LogP contribution in [0.5, 0.6) is 0 Å². The Morgan fingerprint density at radius 2 is 1.73 bits per heavy atom. The minimum absolute atomic E-state index is 0.0525. The Kier molecular flexibility index (Phi) is 3.79. The fourth-order valence-electron chi connectivity index (χ4n) is 3.79. The van der Waals surface area contributed by atoms with E-state index in [4.69, 9.17) is 0 Å². The molecule has 4 rings (SSSR count). The Bertz CT molecular complexity index is 1030. The maximum absolute atomic E-state index is 12.7. The van der Waals surface area contributed by atoms with Crippen molar-refractivity contribution in [1.29, 1.82) is 0 Å². The van der Waals surface area contributed by atoms with Crippen molar-refractivity contribution in [2.75, 3.05) is 24.3 Å². The standard InChI is InChI=1S/C19H20N4O3/c1-23(2)11-8-6-10(7-9-11)14-15-12(4-3-5-13(15)24)20-17-16(14)18(25)22-19(26)21-17/h6-9,14H,3-5H2,1-2H3,(H3,20,21,22,25,26)/t14-/m0/s1. The number of carbonyl (C=O) groups is 1. The van der Waals surface area contributed by atoms with Crippen LogP contribution in [0.4, 0.5) is 11.5 Å². The fourth-order valence-corrected chi connectivity index (χ4v) is 3.79. The number of benzene rings is 1. The fraction of sp³-hybridized carbons (Fsp3) is 0.316. The summed E-state index contributed by atoms with van der Waals surface area (Å²) >= 11 is 0. The van der Waals surface area contributed by atoms with Gasteiger partial charge in [0.25, 0.3) is 5.56 Å². The average molecular weight is 352 g/mol. The number of nitrogens with one attached hydrogen (secondary N) is 3. The monoisotopic (exact) mass is 352 g/mol. The van der Waals surface area contributed by atoms with Crippen LogP contribution in [-0.2, 0) is 4.79 Å². The number of hydrogen-bond acceptors (Lipinski definition) is 5. The first kappa shape index (κ1) is 16.4. The number of carbonyl (C=O) groups excluding carboxylic acids is 1. The van der Waals surface area contributed by atoms with Crippen molar-refractivity contribution in [2.24, 2.45) is 0 Å². The molecule has 1 aliphatic heterocycles. The number of ketones is 1. The normalized spacial score (nSPS) is 18.8. The van der Waals surface area contributed by atoms with Crippen molar-refractivity contribution in [1.82, 2.24) is 9.97 Å². The van der Waals surface area contributed by atoms with E-state index in [2.05, 4.69) is 15.3 Å². The van der Waals surface area contributed by atoms with Crippen LogP contribution in [0.1, 0.15) is 36.3 Å². The van der Waals surface area contributed by atoms with Gasteiger partial charge >= 0.3 is 5.69 Å². The lowest BCUT2D eigenvalue weighted by Crippen LogP contribution is -2.36. The molecule has 0 bridgehead atoms. The van der Waals surface area contributed by atoms with Crippen molar-refractivity contribution in [2.45, 2.75) is 25.2 Å². The zero-order valence-electron chi connectivity index (χ0n) is 14.7. The molecular formula is C19H20N4O3. The van der Waals surface area contributed by atoms with E-state index in [1.54, 1.807) is 0 Å². The van der Waals surface area contributed by atoms with Gasteiger partial charge in [-0.2, -0.15) is 0 Å². The smallest absolute Gasteiger partial charge is 0.327 e. The topological polar surface area (TPSA) is 98.1 Å². The Morgan fingerprint density at radius 3 is 2.42 bits per heavy atom. The summed E-state index contributed by atoms with van der Waals surface area (Å²) in [5.74, 6) is -0.0450. The third-order valence-corrected chi connectivity index (χ3v) is 5.03. The highest BCUT2D eigenvalue weighted by Gasteiger charge is 2.37. The zero-order chi connectivity index (χ0) is 18.4. The van der Waals surface area contributed by atoms with Crippen LogP contribution in [0.2, 0.25) is 0 Å². The third kappa shape index (κ3) is 2.56. The van der Waals surface area contributed by atoms with E-state index in [0.717, 1.165) is 29.8 Å². The Morgan fingerprint density at radius 1 is 1.00 bits per heavy atom. The lowest BCUT2D eigenvalue weighted by atomic mass is 9.76. The summed E-state index contributed by atoms with van der Waals surface area (Å²) in [5.41, 5.74) is 2.69. The summed E-state index contributed by atoms with van der Waals surface area (Å²) in [6, 6.07) is 7.80. The summed E-state index contributed by atoms with van der Waals surface area (Å²) in [4.78, 5) is 43.9. The number of H-pyrrole nitrogens is 2. The van der Waals surface area contributed by atoms with E-state index < -0.39 is 17.2 Å². The van der Waals surface area contributed by atoms with Gasteiger partial charge in [-0.15, -0.1) is 0 Å². The van der Waals surface area contributed by atoms with E-state index >= 15 is 0 Å². The van der Waals surface area contributed by atoms with Gasteiger partial charge in [0, 0.05) is 43.4 Å². The van der Waals surface area contributed by atoms with Crippen molar-refractivity contribution in [3.63, 3.8) is 0 Å². The highest BCUT2D eigenvalue weighted by atomic mass is 16.2. The van der Waals surface area contributed by atoms with E-state index in [0.29, 0.717) is 23.4 Å². The number of Topliss-reactive ketones (excluding diaryl/α,β-unsaturated/α-hetero) is 1. The Labute approximate surface area is 149 Å². The predicted molar refractivity (Wildman–Crippen MR) is 99.8 cm³/mol. The lowest BCUT2D eigenvalue weighted by Gasteiger charge is -2.32. The first-order chi connectivity index (χ1) is 12.5. The van der Waals surface area contributed by atoms with Crippen LogP contribution in [0.25, 0.3) is 0 Å². The number of aromatic nitrogens is 2. The van der Waals surface area contributed by atoms with Gasteiger partial charge in [0.15, 0.2) is 5.78 Å². The summed E-state index contributed by atoms with van der Waals surface area (Å²) in [6.45, 7) is 0. The van der Waals surface area contributed by atoms with Gasteiger partial charge < -0.3 is 10.2 Å². The molecule has 3 N–H and O–H groups in total. The molecular weight excluding hydrogens is 332 g/mol. The quantitative estimate of drug-likeness (QED) is 0.764. The number of nitrogens with zero attached hydrogens (tertiary/aromatic N) is 1. The second-order valence-electron chi connectivity index (χ2n) is 6.91. The van der Waals surface area contributed by atoms with Gasteiger partial charge in [-0.05, 0) is 30.5 Å². The molecule has 134 valence electrons. The molecule has 0 amide bonds. The molecule has 0 saturated carbocycles. The molecule has 0 unspecified atom stereocenters. The maximum Gasteiger partial charge on any atom is 0.327 e.